The van der Waals surface area contributed by atoms with Gasteiger partial charge in [0, 0.05) is 38.6 Å². The largest absolute Gasteiger partial charge is 0.462 e. The summed E-state index contributed by atoms with van der Waals surface area (Å²) in [7, 11) is 6.63. The number of cyclic esters (lactones) is 1. The molecule has 386 valence electrons. The summed E-state index contributed by atoms with van der Waals surface area (Å²) >= 11 is 1.47. The van der Waals surface area contributed by atoms with Crippen LogP contribution in [-0.4, -0.2) is 176 Å². The topological polar surface area (TPSA) is 232 Å². The third kappa shape index (κ3) is 14.6. The number of hydrogen-bond acceptors (Lipinski definition) is 20. The van der Waals surface area contributed by atoms with Gasteiger partial charge in [0.15, 0.2) is 18.7 Å². The van der Waals surface area contributed by atoms with Crippen LogP contribution >= 0.6 is 11.3 Å². The zero-order chi connectivity index (χ0) is 49.8. The number of rotatable bonds is 13. The van der Waals surface area contributed by atoms with Crippen LogP contribution < -0.4 is 0 Å². The minimum Gasteiger partial charge on any atom is -0.462 e. The van der Waals surface area contributed by atoms with Gasteiger partial charge in [0.25, 0.3) is 5.89 Å². The quantitative estimate of drug-likeness (QED) is 0.185. The Balaban J connectivity index is 1.32. The Kier molecular flexibility index (Phi) is 20.9. The molecule has 3 aliphatic heterocycles. The second-order valence-corrected chi connectivity index (χ2v) is 19.9. The number of likely N-dealkylation sites (N-methyl/N-ethyl adjacent to an activating group) is 1. The van der Waals surface area contributed by atoms with E-state index in [1.165, 1.54) is 18.4 Å². The van der Waals surface area contributed by atoms with Gasteiger partial charge in [-0.05, 0) is 83.5 Å². The Bertz CT molecular complexity index is 2000. The standard InChI is InChI=1S/C49H74N4O15S/c1-10-36-32(23-62-37-16-15-35(55)46(59-8)47(37)60-9)20-27(2)13-14-34(54)28(3)21-31-17-18-61-24-33(51-64-26-40-50-48(68-52-40)39-12-11-19-69-39)25-63-38(22-41(56)66-36)29(4)45(31)67-49-44(58)42(53(6)7)43(57)30(5)65-49/h11-14,19-20,28-32,35-38,42-47,49,55,57-58H,10,15-18,21-26H2,1-9H3/b14-13+,27-20+,51-33+/t28-,29+,30-,31?,32-,35-,36-,37-,38-,42+,43-,44-,45-,46-,47+,49+/m1/s1. The van der Waals surface area contributed by atoms with E-state index < -0.39 is 97.1 Å². The maximum Gasteiger partial charge on any atom is 0.308 e. The fraction of sp³-hybridized carbons (Fsp3) is 0.735. The van der Waals surface area contributed by atoms with Gasteiger partial charge in [0.1, 0.15) is 30.1 Å². The fourth-order valence-corrected chi connectivity index (χ4v) is 10.5. The molecule has 0 radical (unpaired) electrons. The highest BCUT2D eigenvalue weighted by Gasteiger charge is 2.48. The van der Waals surface area contributed by atoms with E-state index in [0.29, 0.717) is 49.5 Å². The lowest BCUT2D eigenvalue weighted by atomic mass is 9.79. The monoisotopic (exact) mass is 990 g/mol. The van der Waals surface area contributed by atoms with E-state index in [9.17, 15) is 24.9 Å². The Morgan fingerprint density at radius 3 is 2.48 bits per heavy atom. The van der Waals surface area contributed by atoms with E-state index in [4.69, 9.17) is 47.3 Å². The predicted octanol–water partition coefficient (Wildman–Crippen LogP) is 4.52. The SMILES string of the molecule is CC[C@H]1OC(=O)C[C@H]2OC/C(=N/OCc3noc(-c4cccs4)n3)COCCC(C[C@@H](C)C(=O)/C=C/C(C)=C/[C@@H]1CO[C@@H]1CC[C@@H](O)[C@@H](OC)[C@H]1OC)[C@H](O[C@@H]1O[C@H](C)[C@@H](O)[C@H](N(C)C)[C@H]1O)[C@H]2C. The molecule has 2 aromatic heterocycles. The number of ketones is 1. The third-order valence-corrected chi connectivity index (χ3v) is 14.6. The van der Waals surface area contributed by atoms with Crippen molar-refractivity contribution >= 4 is 28.8 Å². The van der Waals surface area contributed by atoms with Crippen LogP contribution in [0, 0.1) is 23.7 Å². The number of nitrogens with zero attached hydrogens (tertiary/aromatic N) is 4. The fourth-order valence-electron chi connectivity index (χ4n) is 9.84. The van der Waals surface area contributed by atoms with Gasteiger partial charge >= 0.3 is 5.97 Å². The number of allylic oxidation sites excluding steroid dienone is 3. The summed E-state index contributed by atoms with van der Waals surface area (Å²) in [4.78, 5) is 41.2. The van der Waals surface area contributed by atoms with Gasteiger partial charge in [-0.2, -0.15) is 4.98 Å². The lowest BCUT2D eigenvalue weighted by Crippen LogP contribution is -2.63. The first kappa shape index (κ1) is 54.8. The highest BCUT2D eigenvalue weighted by Crippen LogP contribution is 2.36. The molecule has 1 saturated carbocycles. The molecule has 3 fully saturated rings. The first-order chi connectivity index (χ1) is 33.1. The van der Waals surface area contributed by atoms with Gasteiger partial charge in [-0.3, -0.25) is 9.59 Å². The van der Waals surface area contributed by atoms with Gasteiger partial charge in [-0.15, -0.1) is 11.3 Å². The van der Waals surface area contributed by atoms with Crippen molar-refractivity contribution in [3.63, 3.8) is 0 Å². The minimum absolute atomic E-state index is 0.0254. The lowest BCUT2D eigenvalue weighted by Gasteiger charge is -2.47. The van der Waals surface area contributed by atoms with Crippen molar-refractivity contribution in [1.29, 1.82) is 0 Å². The Hall–Kier alpha value is -3.51. The van der Waals surface area contributed by atoms with E-state index >= 15 is 0 Å². The molecule has 5 heterocycles. The number of aromatic nitrogens is 2. The number of methoxy groups -OCH3 is 2. The molecule has 0 spiro atoms. The first-order valence-corrected chi connectivity index (χ1v) is 25.0. The number of carbonyl (C=O) groups is 2. The summed E-state index contributed by atoms with van der Waals surface area (Å²) in [6, 6.07) is 3.06. The van der Waals surface area contributed by atoms with Crippen molar-refractivity contribution in [2.24, 2.45) is 28.8 Å². The van der Waals surface area contributed by atoms with Crippen molar-refractivity contribution in [2.75, 3.05) is 54.7 Å². The number of hydrogen-bond donors (Lipinski definition) is 3. The summed E-state index contributed by atoms with van der Waals surface area (Å²) in [6.07, 6.45) is -1.31. The summed E-state index contributed by atoms with van der Waals surface area (Å²) in [5, 5.41) is 43.8. The molecule has 0 amide bonds. The van der Waals surface area contributed by atoms with Crippen LogP contribution in [0.3, 0.4) is 0 Å². The summed E-state index contributed by atoms with van der Waals surface area (Å²) in [5.74, 6) is -1.84. The molecule has 2 aromatic rings. The normalized spacial score (nSPS) is 37.8. The molecule has 2 bridgehead atoms. The number of ether oxygens (including phenoxy) is 8. The molecule has 20 heteroatoms. The molecule has 69 heavy (non-hydrogen) atoms. The van der Waals surface area contributed by atoms with Crippen LogP contribution in [0.5, 0.6) is 0 Å². The highest BCUT2D eigenvalue weighted by molar-refractivity contribution is 7.13. The molecular formula is C49H74N4O15S. The van der Waals surface area contributed by atoms with E-state index in [1.807, 2.05) is 51.3 Å². The van der Waals surface area contributed by atoms with Crippen LogP contribution in [0.1, 0.15) is 79.0 Å². The van der Waals surface area contributed by atoms with Crippen molar-refractivity contribution in [1.82, 2.24) is 15.0 Å². The second kappa shape index (κ2) is 26.3. The van der Waals surface area contributed by atoms with Gasteiger partial charge in [0.05, 0.1) is 73.8 Å². The maximum absolute atomic E-state index is 14.5. The number of carbonyl (C=O) groups excluding carboxylic acids is 2. The van der Waals surface area contributed by atoms with Gasteiger partial charge < -0.3 is 67.5 Å². The molecule has 6 rings (SSSR count). The number of thiophene rings is 1. The molecule has 16 atom stereocenters. The van der Waals surface area contributed by atoms with E-state index in [-0.39, 0.29) is 51.2 Å². The van der Waals surface area contributed by atoms with E-state index in [0.717, 1.165) is 10.5 Å². The Morgan fingerprint density at radius 1 is 0.986 bits per heavy atom. The van der Waals surface area contributed by atoms with Crippen molar-refractivity contribution in [3.8, 4) is 10.8 Å². The molecule has 2 saturated heterocycles. The van der Waals surface area contributed by atoms with Crippen molar-refractivity contribution in [3.05, 3.63) is 47.1 Å². The van der Waals surface area contributed by atoms with E-state index in [2.05, 4.69) is 15.3 Å². The Morgan fingerprint density at radius 2 is 1.77 bits per heavy atom. The second-order valence-electron chi connectivity index (χ2n) is 19.0. The van der Waals surface area contributed by atoms with Crippen LogP contribution in [0.25, 0.3) is 10.8 Å². The van der Waals surface area contributed by atoms with Gasteiger partial charge in [0.2, 0.25) is 5.82 Å². The zero-order valence-corrected chi connectivity index (χ0v) is 42.2. The number of oxime groups is 1. The number of aliphatic hydroxyl groups excluding tert-OH is 3. The maximum atomic E-state index is 14.5. The molecule has 4 aliphatic rings. The Labute approximate surface area is 409 Å². The van der Waals surface area contributed by atoms with Crippen molar-refractivity contribution in [2.45, 2.75) is 153 Å². The minimum atomic E-state index is -1.26. The smallest absolute Gasteiger partial charge is 0.308 e. The molecule has 1 unspecified atom stereocenters. The van der Waals surface area contributed by atoms with E-state index in [1.54, 1.807) is 45.2 Å². The summed E-state index contributed by atoms with van der Waals surface area (Å²) < 4.78 is 55.7. The predicted molar refractivity (Wildman–Crippen MR) is 253 cm³/mol. The highest BCUT2D eigenvalue weighted by atomic mass is 32.1. The summed E-state index contributed by atoms with van der Waals surface area (Å²) in [5.41, 5.74) is 1.17. The molecule has 3 N–H and O–H groups in total. The van der Waals surface area contributed by atoms with Crippen LogP contribution in [0.15, 0.2) is 51.0 Å². The average molecular weight is 991 g/mol. The molecule has 19 nitrogen and oxygen atoms in total. The van der Waals surface area contributed by atoms with Crippen LogP contribution in [0.2, 0.25) is 0 Å². The first-order valence-electron chi connectivity index (χ1n) is 24.1. The number of esters is 1. The van der Waals surface area contributed by atoms with Gasteiger partial charge in [-0.25, -0.2) is 0 Å². The van der Waals surface area contributed by atoms with Crippen LogP contribution in [-0.2, 0) is 58.9 Å². The molecule has 1 aliphatic carbocycles. The molecule has 0 aromatic carbocycles. The lowest BCUT2D eigenvalue weighted by molar-refractivity contribution is -0.305. The number of aliphatic hydroxyl groups is 3. The van der Waals surface area contributed by atoms with Crippen molar-refractivity contribution < 1.29 is 72.2 Å². The number of fused-ring (bicyclic) bond motifs is 3. The summed E-state index contributed by atoms with van der Waals surface area (Å²) in [6.45, 7) is 9.55. The van der Waals surface area contributed by atoms with Crippen LogP contribution in [0.4, 0.5) is 0 Å². The zero-order valence-electron chi connectivity index (χ0n) is 41.4. The molecular weight excluding hydrogens is 917 g/mol. The average Bonchev–Trinajstić information content (AvgIpc) is 4.04. The third-order valence-electron chi connectivity index (χ3n) is 13.7. The van der Waals surface area contributed by atoms with Gasteiger partial charge in [-0.1, -0.05) is 54.9 Å².